The van der Waals surface area contributed by atoms with Crippen LogP contribution >= 0.6 is 11.6 Å². The predicted octanol–water partition coefficient (Wildman–Crippen LogP) is 4.05. The third-order valence-corrected chi connectivity index (χ3v) is 4.07. The van der Waals surface area contributed by atoms with Crippen LogP contribution in [0.3, 0.4) is 0 Å². The Morgan fingerprint density at radius 3 is 2.38 bits per heavy atom. The van der Waals surface area contributed by atoms with Gasteiger partial charge in [0.25, 0.3) is 5.91 Å². The van der Waals surface area contributed by atoms with E-state index in [9.17, 15) is 4.79 Å². The highest BCUT2D eigenvalue weighted by molar-refractivity contribution is 6.30. The summed E-state index contributed by atoms with van der Waals surface area (Å²) in [5, 5.41) is 0.688. The molecule has 0 bridgehead atoms. The number of unbranched alkanes of at least 4 members (excludes halogenated alkanes) is 1. The number of amides is 1. The second-order valence-corrected chi connectivity index (χ2v) is 6.20. The van der Waals surface area contributed by atoms with Gasteiger partial charge < -0.3 is 19.1 Å². The smallest absolute Gasteiger partial charge is 0.260 e. The van der Waals surface area contributed by atoms with Gasteiger partial charge in [0.2, 0.25) is 0 Å². The minimum Gasteiger partial charge on any atom is -0.494 e. The van der Waals surface area contributed by atoms with E-state index in [2.05, 4.69) is 0 Å². The maximum absolute atomic E-state index is 12.1. The Bertz CT molecular complexity index is 690. The number of methoxy groups -OCH3 is 1. The topological polar surface area (TPSA) is 48.0 Å². The van der Waals surface area contributed by atoms with Gasteiger partial charge in [0.1, 0.15) is 5.75 Å². The summed E-state index contributed by atoms with van der Waals surface area (Å²) in [6.07, 6.45) is 1.71. The zero-order valence-corrected chi connectivity index (χ0v) is 15.9. The van der Waals surface area contributed by atoms with Crippen LogP contribution < -0.4 is 14.2 Å². The molecule has 0 aliphatic carbocycles. The molecule has 0 aromatic heterocycles. The summed E-state index contributed by atoms with van der Waals surface area (Å²) in [4.78, 5) is 13.8. The van der Waals surface area contributed by atoms with Crippen LogP contribution in [0.15, 0.2) is 48.5 Å². The first-order valence-electron chi connectivity index (χ1n) is 8.48. The molecule has 0 unspecified atom stereocenters. The van der Waals surface area contributed by atoms with E-state index in [0.29, 0.717) is 29.7 Å². The molecule has 2 rings (SSSR count). The van der Waals surface area contributed by atoms with Crippen LogP contribution in [0, 0.1) is 0 Å². The molecule has 26 heavy (non-hydrogen) atoms. The number of ether oxygens (including phenoxy) is 3. The Kier molecular flexibility index (Phi) is 8.09. The first-order valence-corrected chi connectivity index (χ1v) is 8.86. The molecule has 1 amide bonds. The van der Waals surface area contributed by atoms with Crippen molar-refractivity contribution in [3.05, 3.63) is 53.6 Å². The SMILES string of the molecule is COc1ccccc1OCC(=O)N(C)CCCCOc1ccc(Cl)cc1. The lowest BCUT2D eigenvalue weighted by atomic mass is 10.3. The van der Waals surface area contributed by atoms with Crippen molar-refractivity contribution in [2.45, 2.75) is 12.8 Å². The van der Waals surface area contributed by atoms with Gasteiger partial charge in [0.05, 0.1) is 13.7 Å². The lowest BCUT2D eigenvalue weighted by molar-refractivity contribution is -0.132. The van der Waals surface area contributed by atoms with Gasteiger partial charge in [-0.15, -0.1) is 0 Å². The second kappa shape index (κ2) is 10.6. The molecule has 0 saturated heterocycles. The maximum atomic E-state index is 12.1. The van der Waals surface area contributed by atoms with Crippen molar-refractivity contribution in [2.24, 2.45) is 0 Å². The van der Waals surface area contributed by atoms with Crippen molar-refractivity contribution >= 4 is 17.5 Å². The molecule has 0 heterocycles. The molecule has 0 fully saturated rings. The molecular weight excluding hydrogens is 354 g/mol. The quantitative estimate of drug-likeness (QED) is 0.586. The number of halogens is 1. The number of rotatable bonds is 10. The lowest BCUT2D eigenvalue weighted by Crippen LogP contribution is -2.32. The summed E-state index contributed by atoms with van der Waals surface area (Å²) < 4.78 is 16.4. The van der Waals surface area contributed by atoms with E-state index < -0.39 is 0 Å². The van der Waals surface area contributed by atoms with Gasteiger partial charge in [0, 0.05) is 18.6 Å². The van der Waals surface area contributed by atoms with E-state index in [-0.39, 0.29) is 12.5 Å². The molecule has 0 radical (unpaired) electrons. The number of benzene rings is 2. The third-order valence-electron chi connectivity index (χ3n) is 3.82. The predicted molar refractivity (Wildman–Crippen MR) is 102 cm³/mol. The molecule has 0 spiro atoms. The summed E-state index contributed by atoms with van der Waals surface area (Å²) in [6, 6.07) is 14.5. The molecule has 6 heteroatoms. The van der Waals surface area contributed by atoms with Crippen LogP contribution in [0.2, 0.25) is 5.02 Å². The van der Waals surface area contributed by atoms with Gasteiger partial charge in [-0.2, -0.15) is 0 Å². The normalized spacial score (nSPS) is 10.3. The monoisotopic (exact) mass is 377 g/mol. The highest BCUT2D eigenvalue weighted by atomic mass is 35.5. The molecule has 5 nitrogen and oxygen atoms in total. The standard InChI is InChI=1S/C20H24ClNO4/c1-22(13-5-6-14-25-17-11-9-16(21)10-12-17)20(23)15-26-19-8-4-3-7-18(19)24-2/h3-4,7-12H,5-6,13-15H2,1-2H3. The molecule has 0 N–H and O–H groups in total. The van der Waals surface area contributed by atoms with E-state index in [1.807, 2.05) is 24.3 Å². The van der Waals surface area contributed by atoms with Crippen LogP contribution in [0.25, 0.3) is 0 Å². The fourth-order valence-corrected chi connectivity index (χ4v) is 2.41. The minimum absolute atomic E-state index is 0.0157. The van der Waals surface area contributed by atoms with Crippen molar-refractivity contribution in [1.82, 2.24) is 4.90 Å². The minimum atomic E-state index is -0.0745. The maximum Gasteiger partial charge on any atom is 0.260 e. The number of hydrogen-bond donors (Lipinski definition) is 0. The second-order valence-electron chi connectivity index (χ2n) is 5.76. The molecular formula is C20H24ClNO4. The molecule has 2 aromatic rings. The fourth-order valence-electron chi connectivity index (χ4n) is 2.28. The summed E-state index contributed by atoms with van der Waals surface area (Å²) in [5.74, 6) is 1.90. The van der Waals surface area contributed by atoms with Crippen molar-refractivity contribution in [1.29, 1.82) is 0 Å². The Morgan fingerprint density at radius 1 is 1.00 bits per heavy atom. The van der Waals surface area contributed by atoms with Crippen molar-refractivity contribution in [3.63, 3.8) is 0 Å². The van der Waals surface area contributed by atoms with Crippen molar-refractivity contribution in [3.8, 4) is 17.2 Å². The number of nitrogens with zero attached hydrogens (tertiary/aromatic N) is 1. The van der Waals surface area contributed by atoms with Crippen LogP contribution in [-0.4, -0.2) is 44.7 Å². The van der Waals surface area contributed by atoms with E-state index >= 15 is 0 Å². The largest absolute Gasteiger partial charge is 0.494 e. The van der Waals surface area contributed by atoms with Gasteiger partial charge in [-0.3, -0.25) is 4.79 Å². The zero-order valence-electron chi connectivity index (χ0n) is 15.1. The van der Waals surface area contributed by atoms with Crippen LogP contribution in [-0.2, 0) is 4.79 Å². The number of carbonyl (C=O) groups excluding carboxylic acids is 1. The number of hydrogen-bond acceptors (Lipinski definition) is 4. The highest BCUT2D eigenvalue weighted by Crippen LogP contribution is 2.25. The van der Waals surface area contributed by atoms with Crippen LogP contribution in [0.1, 0.15) is 12.8 Å². The van der Waals surface area contributed by atoms with E-state index in [4.69, 9.17) is 25.8 Å². The van der Waals surface area contributed by atoms with E-state index in [1.54, 1.807) is 43.3 Å². The lowest BCUT2D eigenvalue weighted by Gasteiger charge is -2.18. The summed E-state index contributed by atoms with van der Waals surface area (Å²) in [7, 11) is 3.34. The van der Waals surface area contributed by atoms with Gasteiger partial charge in [-0.1, -0.05) is 23.7 Å². The van der Waals surface area contributed by atoms with Gasteiger partial charge >= 0.3 is 0 Å². The van der Waals surface area contributed by atoms with Crippen LogP contribution in [0.4, 0.5) is 0 Å². The summed E-state index contributed by atoms with van der Waals surface area (Å²) >= 11 is 5.83. The van der Waals surface area contributed by atoms with Crippen molar-refractivity contribution in [2.75, 3.05) is 33.9 Å². The Hall–Kier alpha value is -2.40. The Morgan fingerprint density at radius 2 is 1.69 bits per heavy atom. The summed E-state index contributed by atoms with van der Waals surface area (Å²) in [5.41, 5.74) is 0. The van der Waals surface area contributed by atoms with Gasteiger partial charge in [-0.25, -0.2) is 0 Å². The molecule has 140 valence electrons. The molecule has 0 aliphatic rings. The Balaban J connectivity index is 1.63. The van der Waals surface area contributed by atoms with Crippen LogP contribution in [0.5, 0.6) is 17.2 Å². The number of likely N-dealkylation sites (N-methyl/N-ethyl adjacent to an activating group) is 1. The average molecular weight is 378 g/mol. The summed E-state index contributed by atoms with van der Waals surface area (Å²) in [6.45, 7) is 1.23. The average Bonchev–Trinajstić information content (AvgIpc) is 2.67. The van der Waals surface area contributed by atoms with Gasteiger partial charge in [-0.05, 0) is 49.2 Å². The van der Waals surface area contributed by atoms with Gasteiger partial charge in [0.15, 0.2) is 18.1 Å². The molecule has 0 aliphatic heterocycles. The molecule has 2 aromatic carbocycles. The van der Waals surface area contributed by atoms with E-state index in [0.717, 1.165) is 18.6 Å². The third kappa shape index (κ3) is 6.48. The van der Waals surface area contributed by atoms with E-state index in [1.165, 1.54) is 0 Å². The zero-order chi connectivity index (χ0) is 18.8. The molecule has 0 saturated carbocycles. The Labute approximate surface area is 159 Å². The number of carbonyl (C=O) groups is 1. The highest BCUT2D eigenvalue weighted by Gasteiger charge is 2.11. The fraction of sp³-hybridized carbons (Fsp3) is 0.350. The number of para-hydroxylation sites is 2. The first-order chi connectivity index (χ1) is 12.6. The molecule has 0 atom stereocenters. The first kappa shape index (κ1) is 19.9. The van der Waals surface area contributed by atoms with Crippen molar-refractivity contribution < 1.29 is 19.0 Å².